The molecule has 1 saturated heterocycles. The molecule has 1 aliphatic carbocycles. The summed E-state index contributed by atoms with van der Waals surface area (Å²) < 4.78 is 10.1. The van der Waals surface area contributed by atoms with Crippen molar-refractivity contribution in [2.24, 2.45) is 13.0 Å². The van der Waals surface area contributed by atoms with Crippen LogP contribution in [-0.2, 0) is 18.4 Å². The summed E-state index contributed by atoms with van der Waals surface area (Å²) >= 11 is 0. The van der Waals surface area contributed by atoms with Crippen molar-refractivity contribution in [1.82, 2.24) is 34.2 Å². The number of carbonyl (C=O) groups excluding carboxylic acids is 1. The van der Waals surface area contributed by atoms with Crippen LogP contribution in [0.5, 0.6) is 5.88 Å². The molecule has 1 saturated carbocycles. The molecule has 1 aliphatic heterocycles. The highest BCUT2D eigenvalue weighted by atomic mass is 16.5. The van der Waals surface area contributed by atoms with E-state index in [0.717, 1.165) is 55.1 Å². The number of carbonyl (C=O) groups is 1. The smallest absolute Gasteiger partial charge is 0.245 e. The highest BCUT2D eigenvalue weighted by molar-refractivity contribution is 5.82. The van der Waals surface area contributed by atoms with E-state index in [1.165, 1.54) is 6.33 Å². The molecule has 0 aromatic carbocycles. The molecular weight excluding hydrogens is 370 g/mol. The van der Waals surface area contributed by atoms with Crippen LogP contribution in [0.3, 0.4) is 0 Å². The maximum Gasteiger partial charge on any atom is 0.245 e. The quantitative estimate of drug-likeness (QED) is 0.656. The second-order valence-corrected chi connectivity index (χ2v) is 7.89. The Morgan fingerprint density at radius 2 is 2.10 bits per heavy atom. The summed E-state index contributed by atoms with van der Waals surface area (Å²) in [5.74, 6) is 1.78. The number of rotatable bonds is 5. The molecule has 4 heterocycles. The highest BCUT2D eigenvalue weighted by Gasteiger charge is 2.37. The van der Waals surface area contributed by atoms with E-state index in [0.29, 0.717) is 17.9 Å². The lowest BCUT2D eigenvalue weighted by Gasteiger charge is -2.16. The first kappa shape index (κ1) is 18.1. The SMILES string of the molecule is CCn1ncc(-c2nc3c(O[C@H]4CCN(C(=O)C5CC5)C4)ncnc3n2C)c1C. The predicted octanol–water partition coefficient (Wildman–Crippen LogP) is 1.94. The van der Waals surface area contributed by atoms with Gasteiger partial charge < -0.3 is 14.2 Å². The van der Waals surface area contributed by atoms with Crippen molar-refractivity contribution in [2.45, 2.75) is 45.8 Å². The Bertz CT molecular complexity index is 1080. The van der Waals surface area contributed by atoms with Crippen LogP contribution in [0.2, 0.25) is 0 Å². The van der Waals surface area contributed by atoms with Gasteiger partial charge in [0.2, 0.25) is 11.8 Å². The first-order valence-corrected chi connectivity index (χ1v) is 10.2. The molecule has 9 nitrogen and oxygen atoms in total. The van der Waals surface area contributed by atoms with Crippen molar-refractivity contribution in [2.75, 3.05) is 13.1 Å². The van der Waals surface area contributed by atoms with Crippen LogP contribution in [-0.4, -0.2) is 59.3 Å². The molecule has 3 aromatic heterocycles. The second-order valence-electron chi connectivity index (χ2n) is 7.89. The van der Waals surface area contributed by atoms with E-state index in [4.69, 9.17) is 9.72 Å². The number of amides is 1. The Kier molecular flexibility index (Phi) is 4.25. The van der Waals surface area contributed by atoms with E-state index in [1.807, 2.05) is 34.3 Å². The number of aryl methyl sites for hydroxylation is 2. The summed E-state index contributed by atoms with van der Waals surface area (Å²) in [4.78, 5) is 27.8. The zero-order valence-electron chi connectivity index (χ0n) is 17.0. The number of likely N-dealkylation sites (tertiary alicyclic amines) is 1. The van der Waals surface area contributed by atoms with Crippen LogP contribution in [0.1, 0.15) is 31.9 Å². The average Bonchev–Trinajstić information content (AvgIpc) is 3.23. The van der Waals surface area contributed by atoms with Crippen LogP contribution in [0.25, 0.3) is 22.6 Å². The summed E-state index contributed by atoms with van der Waals surface area (Å²) in [7, 11) is 1.94. The van der Waals surface area contributed by atoms with Gasteiger partial charge in [0.25, 0.3) is 0 Å². The first-order chi connectivity index (χ1) is 14.1. The van der Waals surface area contributed by atoms with E-state index in [9.17, 15) is 4.79 Å². The summed E-state index contributed by atoms with van der Waals surface area (Å²) in [5, 5.41) is 4.43. The summed E-state index contributed by atoms with van der Waals surface area (Å²) in [5.41, 5.74) is 3.39. The molecule has 0 unspecified atom stereocenters. The lowest BCUT2D eigenvalue weighted by Crippen LogP contribution is -2.32. The molecule has 0 N–H and O–H groups in total. The van der Waals surface area contributed by atoms with Gasteiger partial charge in [0.15, 0.2) is 11.2 Å². The zero-order chi connectivity index (χ0) is 20.1. The number of nitrogens with zero attached hydrogens (tertiary/aromatic N) is 7. The van der Waals surface area contributed by atoms with Gasteiger partial charge >= 0.3 is 0 Å². The third kappa shape index (κ3) is 3.04. The molecule has 1 atom stereocenters. The van der Waals surface area contributed by atoms with Crippen molar-refractivity contribution in [3.8, 4) is 17.3 Å². The Balaban J connectivity index is 1.43. The minimum Gasteiger partial charge on any atom is -0.471 e. The van der Waals surface area contributed by atoms with Crippen LogP contribution >= 0.6 is 0 Å². The number of imidazole rings is 1. The van der Waals surface area contributed by atoms with E-state index >= 15 is 0 Å². The number of hydrogen-bond acceptors (Lipinski definition) is 6. The van der Waals surface area contributed by atoms with Gasteiger partial charge in [0.05, 0.1) is 18.3 Å². The van der Waals surface area contributed by atoms with Gasteiger partial charge in [0, 0.05) is 38.2 Å². The molecule has 2 fully saturated rings. The molecule has 0 bridgehead atoms. The van der Waals surface area contributed by atoms with Crippen molar-refractivity contribution < 1.29 is 9.53 Å². The minimum atomic E-state index is -0.0640. The normalized spacial score (nSPS) is 19.3. The van der Waals surface area contributed by atoms with E-state index in [2.05, 4.69) is 22.0 Å². The molecular formula is C20H25N7O2. The Hall–Kier alpha value is -2.97. The molecule has 1 amide bonds. The monoisotopic (exact) mass is 395 g/mol. The molecule has 0 spiro atoms. The maximum absolute atomic E-state index is 12.3. The zero-order valence-corrected chi connectivity index (χ0v) is 17.0. The largest absolute Gasteiger partial charge is 0.471 e. The van der Waals surface area contributed by atoms with E-state index in [-0.39, 0.29) is 17.9 Å². The van der Waals surface area contributed by atoms with E-state index < -0.39 is 0 Å². The average molecular weight is 395 g/mol. The third-order valence-corrected chi connectivity index (χ3v) is 5.93. The summed E-state index contributed by atoms with van der Waals surface area (Å²) in [6.07, 6.45) is 6.15. The van der Waals surface area contributed by atoms with Crippen molar-refractivity contribution in [3.05, 3.63) is 18.2 Å². The van der Waals surface area contributed by atoms with Gasteiger partial charge in [-0.2, -0.15) is 10.1 Å². The van der Waals surface area contributed by atoms with Crippen molar-refractivity contribution in [3.63, 3.8) is 0 Å². The van der Waals surface area contributed by atoms with Gasteiger partial charge in [-0.15, -0.1) is 0 Å². The number of ether oxygens (including phenoxy) is 1. The van der Waals surface area contributed by atoms with Crippen LogP contribution < -0.4 is 4.74 Å². The molecule has 2 aliphatic rings. The lowest BCUT2D eigenvalue weighted by molar-refractivity contribution is -0.131. The van der Waals surface area contributed by atoms with Crippen LogP contribution in [0.15, 0.2) is 12.5 Å². The minimum absolute atomic E-state index is 0.0640. The van der Waals surface area contributed by atoms with Gasteiger partial charge in [-0.05, 0) is 26.7 Å². The van der Waals surface area contributed by atoms with Crippen LogP contribution in [0.4, 0.5) is 0 Å². The number of aromatic nitrogens is 6. The molecule has 3 aromatic rings. The lowest BCUT2D eigenvalue weighted by atomic mass is 10.2. The third-order valence-electron chi connectivity index (χ3n) is 5.93. The van der Waals surface area contributed by atoms with Gasteiger partial charge in [-0.25, -0.2) is 9.97 Å². The molecule has 29 heavy (non-hydrogen) atoms. The standard InChI is InChI=1S/C20H25N7O2/c1-4-27-12(2)15(9-23-27)17-24-16-18(25(17)3)21-11-22-19(16)29-14-7-8-26(10-14)20(28)13-5-6-13/h9,11,13-14H,4-8,10H2,1-3H3/t14-/m0/s1. The topological polar surface area (TPSA) is 91.0 Å². The fourth-order valence-electron chi connectivity index (χ4n) is 4.06. The Labute approximate surface area is 168 Å². The Morgan fingerprint density at radius 3 is 2.83 bits per heavy atom. The molecule has 152 valence electrons. The number of fused-ring (bicyclic) bond motifs is 1. The van der Waals surface area contributed by atoms with Gasteiger partial charge in [0.1, 0.15) is 18.3 Å². The first-order valence-electron chi connectivity index (χ1n) is 10.2. The van der Waals surface area contributed by atoms with Crippen LogP contribution in [0, 0.1) is 12.8 Å². The number of hydrogen-bond donors (Lipinski definition) is 0. The Morgan fingerprint density at radius 1 is 1.28 bits per heavy atom. The molecule has 5 rings (SSSR count). The predicted molar refractivity (Wildman–Crippen MR) is 106 cm³/mol. The second kappa shape index (κ2) is 6.82. The highest BCUT2D eigenvalue weighted by Crippen LogP contribution is 2.33. The van der Waals surface area contributed by atoms with Crippen molar-refractivity contribution >= 4 is 17.1 Å². The summed E-state index contributed by atoms with van der Waals surface area (Å²) in [6.45, 7) is 6.27. The molecule has 9 heteroatoms. The maximum atomic E-state index is 12.3. The summed E-state index contributed by atoms with van der Waals surface area (Å²) in [6, 6.07) is 0. The molecule has 0 radical (unpaired) electrons. The fraction of sp³-hybridized carbons (Fsp3) is 0.550. The van der Waals surface area contributed by atoms with Crippen molar-refractivity contribution in [1.29, 1.82) is 0 Å². The van der Waals surface area contributed by atoms with Gasteiger partial charge in [-0.1, -0.05) is 0 Å². The van der Waals surface area contributed by atoms with E-state index in [1.54, 1.807) is 0 Å². The van der Waals surface area contributed by atoms with Gasteiger partial charge in [-0.3, -0.25) is 9.48 Å². The fourth-order valence-corrected chi connectivity index (χ4v) is 4.06.